The third-order valence-corrected chi connectivity index (χ3v) is 8.28. The first-order valence-corrected chi connectivity index (χ1v) is 13.8. The molecule has 1 unspecified atom stereocenters. The first-order valence-electron chi connectivity index (χ1n) is 13.4. The monoisotopic (exact) mass is 579 g/mol. The van der Waals surface area contributed by atoms with E-state index in [2.05, 4.69) is 21.9 Å². The number of rotatable bonds is 3. The normalized spacial score (nSPS) is 19.3. The number of anilines is 2. The molecule has 2 aromatic heterocycles. The van der Waals surface area contributed by atoms with Crippen molar-refractivity contribution in [2.75, 3.05) is 31.6 Å². The number of halogens is 2. The van der Waals surface area contributed by atoms with E-state index in [1.165, 1.54) is 30.6 Å². The Morgan fingerprint density at radius 1 is 1.32 bits per heavy atom. The molecule has 5 heterocycles. The molecule has 0 saturated carbocycles. The molecule has 0 aliphatic carbocycles. The van der Waals surface area contributed by atoms with Gasteiger partial charge in [0.1, 0.15) is 46.8 Å². The number of nitrogens with one attached hydrogen (secondary N) is 1. The van der Waals surface area contributed by atoms with E-state index < -0.39 is 17.9 Å². The molecule has 41 heavy (non-hydrogen) atoms. The van der Waals surface area contributed by atoms with Crippen LogP contribution in [0.3, 0.4) is 0 Å². The van der Waals surface area contributed by atoms with Crippen molar-refractivity contribution < 1.29 is 28.4 Å². The summed E-state index contributed by atoms with van der Waals surface area (Å²) >= 11 is 7.02. The second kappa shape index (κ2) is 9.99. The Bertz CT molecular complexity index is 1610. The predicted molar refractivity (Wildman–Crippen MR) is 149 cm³/mol. The zero-order valence-electron chi connectivity index (χ0n) is 22.8. The number of benzene rings is 1. The molecule has 212 valence electrons. The molecular formula is C29H29ClFN6O4+. The minimum absolute atomic E-state index is 0.0217. The van der Waals surface area contributed by atoms with E-state index in [0.717, 1.165) is 5.69 Å². The van der Waals surface area contributed by atoms with Gasteiger partial charge in [0.25, 0.3) is 11.7 Å². The second-order valence-corrected chi connectivity index (χ2v) is 11.0. The SMILES string of the molecule is C=CC(=O)N1CCN2C(=O)c3c(c(Cl)c(-c4c(O)cccc4F)[n+]4c3Nc3c(C(C)C)ncnc3C4C)OC[C@H]2C1. The van der Waals surface area contributed by atoms with Crippen molar-refractivity contribution in [1.29, 1.82) is 0 Å². The zero-order chi connectivity index (χ0) is 29.2. The summed E-state index contributed by atoms with van der Waals surface area (Å²) in [6.45, 7) is 10.4. The number of amides is 2. The van der Waals surface area contributed by atoms with Crippen molar-refractivity contribution in [2.45, 2.75) is 38.8 Å². The summed E-state index contributed by atoms with van der Waals surface area (Å²) in [6.07, 6.45) is 2.73. The maximum Gasteiger partial charge on any atom is 0.297 e. The fourth-order valence-corrected chi connectivity index (χ4v) is 6.27. The summed E-state index contributed by atoms with van der Waals surface area (Å²) in [7, 11) is 0. The number of hydrogen-bond donors (Lipinski definition) is 2. The average molecular weight is 580 g/mol. The number of aromatic nitrogens is 3. The molecule has 3 aromatic rings. The lowest BCUT2D eigenvalue weighted by Gasteiger charge is -2.39. The van der Waals surface area contributed by atoms with Crippen LogP contribution in [0, 0.1) is 5.82 Å². The molecule has 1 saturated heterocycles. The number of ether oxygens (including phenoxy) is 1. The molecule has 0 radical (unpaired) electrons. The summed E-state index contributed by atoms with van der Waals surface area (Å²) in [6, 6.07) is 3.02. The van der Waals surface area contributed by atoms with Crippen LogP contribution in [-0.2, 0) is 4.79 Å². The first kappa shape index (κ1) is 26.9. The summed E-state index contributed by atoms with van der Waals surface area (Å²) in [5.41, 5.74) is 2.23. The van der Waals surface area contributed by atoms with Gasteiger partial charge in [0.05, 0.1) is 11.7 Å². The van der Waals surface area contributed by atoms with E-state index in [4.69, 9.17) is 16.3 Å². The highest BCUT2D eigenvalue weighted by Crippen LogP contribution is 2.48. The van der Waals surface area contributed by atoms with Crippen molar-refractivity contribution in [1.82, 2.24) is 19.8 Å². The van der Waals surface area contributed by atoms with Gasteiger partial charge in [0, 0.05) is 19.6 Å². The predicted octanol–water partition coefficient (Wildman–Crippen LogP) is 3.95. The van der Waals surface area contributed by atoms with Gasteiger partial charge in [-0.1, -0.05) is 38.1 Å². The van der Waals surface area contributed by atoms with Crippen molar-refractivity contribution in [3.05, 3.63) is 65.0 Å². The molecule has 3 aliphatic rings. The maximum atomic E-state index is 15.4. The highest BCUT2D eigenvalue weighted by atomic mass is 35.5. The lowest BCUT2D eigenvalue weighted by molar-refractivity contribution is -0.688. The third kappa shape index (κ3) is 4.09. The molecule has 3 aliphatic heterocycles. The van der Waals surface area contributed by atoms with Crippen LogP contribution in [0.1, 0.15) is 54.5 Å². The zero-order valence-corrected chi connectivity index (χ0v) is 23.6. The molecule has 0 bridgehead atoms. The van der Waals surface area contributed by atoms with Gasteiger partial charge in [0.15, 0.2) is 22.7 Å². The number of fused-ring (bicyclic) bond motifs is 5. The Balaban J connectivity index is 1.61. The summed E-state index contributed by atoms with van der Waals surface area (Å²) in [5.74, 6) is -1.14. The van der Waals surface area contributed by atoms with Gasteiger partial charge < -0.3 is 19.6 Å². The highest BCUT2D eigenvalue weighted by molar-refractivity contribution is 6.35. The fourth-order valence-electron chi connectivity index (χ4n) is 5.94. The van der Waals surface area contributed by atoms with Gasteiger partial charge in [-0.25, -0.2) is 24.2 Å². The summed E-state index contributed by atoms with van der Waals surface area (Å²) < 4.78 is 23.4. The Labute approximate surface area is 241 Å². The van der Waals surface area contributed by atoms with E-state index in [1.54, 1.807) is 14.4 Å². The fraction of sp³-hybridized carbons (Fsp3) is 0.345. The molecule has 2 amide bonds. The molecule has 2 N–H and O–H groups in total. The van der Waals surface area contributed by atoms with Crippen LogP contribution in [0.4, 0.5) is 15.9 Å². The molecule has 0 spiro atoms. The average Bonchev–Trinajstić information content (AvgIpc) is 3.10. The Morgan fingerprint density at radius 2 is 2.10 bits per heavy atom. The third-order valence-electron chi connectivity index (χ3n) is 7.92. The van der Waals surface area contributed by atoms with Gasteiger partial charge in [-0.2, -0.15) is 0 Å². The molecule has 12 heteroatoms. The van der Waals surface area contributed by atoms with Crippen LogP contribution in [0.25, 0.3) is 11.3 Å². The van der Waals surface area contributed by atoms with Gasteiger partial charge in [0.2, 0.25) is 5.91 Å². The van der Waals surface area contributed by atoms with Crippen LogP contribution in [0.2, 0.25) is 5.02 Å². The summed E-state index contributed by atoms with van der Waals surface area (Å²) in [4.78, 5) is 39.0. The van der Waals surface area contributed by atoms with Gasteiger partial charge in [-0.05, 0) is 31.1 Å². The Kier molecular flexibility index (Phi) is 6.56. The largest absolute Gasteiger partial charge is 0.507 e. The minimum atomic E-state index is -0.693. The number of nitrogens with zero attached hydrogens (tertiary/aromatic N) is 5. The Hall–Kier alpha value is -4.25. The number of piperazine rings is 1. The molecule has 6 rings (SSSR count). The number of carbonyl (C=O) groups excluding carboxylic acids is 2. The van der Waals surface area contributed by atoms with Gasteiger partial charge in [-0.15, -0.1) is 0 Å². The van der Waals surface area contributed by atoms with E-state index in [-0.39, 0.29) is 70.8 Å². The highest BCUT2D eigenvalue weighted by Gasteiger charge is 2.47. The van der Waals surface area contributed by atoms with Crippen molar-refractivity contribution in [2.24, 2.45) is 0 Å². The van der Waals surface area contributed by atoms with Crippen molar-refractivity contribution >= 4 is 34.9 Å². The number of pyridine rings is 1. The van der Waals surface area contributed by atoms with Crippen LogP contribution >= 0.6 is 11.6 Å². The van der Waals surface area contributed by atoms with E-state index >= 15 is 4.39 Å². The van der Waals surface area contributed by atoms with Crippen LogP contribution in [-0.4, -0.2) is 69.0 Å². The minimum Gasteiger partial charge on any atom is -0.507 e. The lowest BCUT2D eigenvalue weighted by atomic mass is 9.98. The lowest BCUT2D eigenvalue weighted by Crippen LogP contribution is -2.57. The smallest absolute Gasteiger partial charge is 0.297 e. The number of phenols is 1. The van der Waals surface area contributed by atoms with Crippen LogP contribution in [0.5, 0.6) is 11.5 Å². The molecular weight excluding hydrogens is 551 g/mol. The van der Waals surface area contributed by atoms with Gasteiger partial charge >= 0.3 is 0 Å². The number of aromatic hydroxyl groups is 1. The Morgan fingerprint density at radius 3 is 2.80 bits per heavy atom. The van der Waals surface area contributed by atoms with Crippen LogP contribution in [0.15, 0.2) is 37.2 Å². The second-order valence-electron chi connectivity index (χ2n) is 10.6. The van der Waals surface area contributed by atoms with E-state index in [0.29, 0.717) is 23.7 Å². The molecule has 2 atom stereocenters. The molecule has 10 nitrogen and oxygen atoms in total. The number of hydrogen-bond acceptors (Lipinski definition) is 7. The molecule has 1 fully saturated rings. The van der Waals surface area contributed by atoms with Crippen LogP contribution < -0.4 is 14.6 Å². The van der Waals surface area contributed by atoms with Crippen molar-refractivity contribution in [3.63, 3.8) is 0 Å². The maximum absolute atomic E-state index is 15.4. The topological polar surface area (TPSA) is 112 Å². The van der Waals surface area contributed by atoms with Crippen molar-refractivity contribution in [3.8, 4) is 22.8 Å². The standard InChI is InChI=1S/C29H28ClFN6O4/c1-5-19(39)35-9-10-36-16(11-35)12-41-27-21(29(36)40)28-34-25-23(14(2)3)32-13-33-24(25)15(4)37(28)26(22(27)30)20-17(31)7-6-8-18(20)38/h5-8,13-16H,1,9-12H2,2-4H3,(H,34,38,40)/p+1/t15?,16-/m1/s1. The molecule has 1 aromatic carbocycles. The quantitative estimate of drug-likeness (QED) is 0.357. The van der Waals surface area contributed by atoms with Gasteiger partial charge in [-0.3, -0.25) is 9.59 Å². The number of phenolic OH excluding ortho intramolecular Hbond substituents is 1. The van der Waals surface area contributed by atoms with E-state index in [1.807, 2.05) is 20.8 Å². The first-order chi connectivity index (χ1) is 19.6. The summed E-state index contributed by atoms with van der Waals surface area (Å²) in [5, 5.41) is 14.2. The van der Waals surface area contributed by atoms with E-state index in [9.17, 15) is 14.7 Å². The number of carbonyl (C=O) groups is 2.